The Balaban J connectivity index is 1.97. The third kappa shape index (κ3) is 5.01. The van der Waals surface area contributed by atoms with Gasteiger partial charge < -0.3 is 4.74 Å². The van der Waals surface area contributed by atoms with Crippen molar-refractivity contribution in [2.24, 2.45) is 0 Å². The summed E-state index contributed by atoms with van der Waals surface area (Å²) in [4.78, 5) is 0.267. The van der Waals surface area contributed by atoms with E-state index in [1.165, 1.54) is 12.1 Å². The van der Waals surface area contributed by atoms with Crippen LogP contribution in [0.2, 0.25) is 0 Å². The highest BCUT2D eigenvalue weighted by molar-refractivity contribution is 7.89. The van der Waals surface area contributed by atoms with Gasteiger partial charge in [0.05, 0.1) is 4.90 Å². The van der Waals surface area contributed by atoms with E-state index in [2.05, 4.69) is 9.46 Å². The van der Waals surface area contributed by atoms with Gasteiger partial charge in [0, 0.05) is 6.54 Å². The van der Waals surface area contributed by atoms with E-state index in [0.29, 0.717) is 12.0 Å². The second kappa shape index (κ2) is 7.72. The fourth-order valence-electron chi connectivity index (χ4n) is 2.24. The number of nitrogens with one attached hydrogen (secondary N) is 1. The topological polar surface area (TPSA) is 55.4 Å². The van der Waals surface area contributed by atoms with Crippen LogP contribution in [0.25, 0.3) is 0 Å². The van der Waals surface area contributed by atoms with Gasteiger partial charge in [-0.3, -0.25) is 0 Å². The number of hydrogen-bond donors (Lipinski definition) is 1. The first-order valence-electron chi connectivity index (χ1n) is 7.38. The van der Waals surface area contributed by atoms with Crippen LogP contribution in [-0.4, -0.2) is 21.6 Å². The van der Waals surface area contributed by atoms with E-state index in [1.54, 1.807) is 31.2 Å². The molecule has 0 aliphatic heterocycles. The van der Waals surface area contributed by atoms with Crippen molar-refractivity contribution in [1.82, 2.24) is 4.72 Å². The van der Waals surface area contributed by atoms with Gasteiger partial charge in [-0.2, -0.15) is 8.78 Å². The Kier molecular flexibility index (Phi) is 5.90. The fraction of sp³-hybridized carbons (Fsp3) is 0.294. The third-order valence-electron chi connectivity index (χ3n) is 3.49. The summed E-state index contributed by atoms with van der Waals surface area (Å²) in [7, 11) is -3.58. The smallest absolute Gasteiger partial charge is 0.387 e. The molecular weight excluding hydrogens is 336 g/mol. The van der Waals surface area contributed by atoms with Crippen molar-refractivity contribution in [2.75, 3.05) is 6.54 Å². The second-order valence-electron chi connectivity index (χ2n) is 5.44. The Morgan fingerprint density at radius 1 is 1.08 bits per heavy atom. The molecule has 0 saturated heterocycles. The lowest BCUT2D eigenvalue weighted by Gasteiger charge is -2.10. The summed E-state index contributed by atoms with van der Waals surface area (Å²) in [5.41, 5.74) is 2.37. The Morgan fingerprint density at radius 3 is 2.38 bits per heavy atom. The number of benzene rings is 2. The van der Waals surface area contributed by atoms with E-state index < -0.39 is 16.6 Å². The second-order valence-corrected chi connectivity index (χ2v) is 7.17. The zero-order valence-electron chi connectivity index (χ0n) is 13.4. The first-order valence-corrected chi connectivity index (χ1v) is 8.87. The molecule has 2 aromatic carbocycles. The van der Waals surface area contributed by atoms with Crippen molar-refractivity contribution in [3.8, 4) is 5.75 Å². The first-order chi connectivity index (χ1) is 11.3. The Hall–Kier alpha value is -1.99. The predicted octanol–water partition coefficient (Wildman–Crippen LogP) is 3.43. The number of halogens is 2. The zero-order chi connectivity index (χ0) is 17.7. The van der Waals surface area contributed by atoms with Crippen LogP contribution < -0.4 is 9.46 Å². The molecule has 0 amide bonds. The van der Waals surface area contributed by atoms with Crippen molar-refractivity contribution in [3.05, 3.63) is 59.2 Å². The molecule has 0 aromatic heterocycles. The fourth-order valence-corrected chi connectivity index (χ4v) is 3.60. The van der Waals surface area contributed by atoms with Crippen molar-refractivity contribution in [1.29, 1.82) is 0 Å². The lowest BCUT2D eigenvalue weighted by molar-refractivity contribution is -0.0498. The molecule has 1 N–H and O–H groups in total. The van der Waals surface area contributed by atoms with Crippen LogP contribution in [0.3, 0.4) is 0 Å². The predicted molar refractivity (Wildman–Crippen MR) is 87.9 cm³/mol. The summed E-state index contributed by atoms with van der Waals surface area (Å²) >= 11 is 0. The molecule has 0 aliphatic carbocycles. The summed E-state index contributed by atoms with van der Waals surface area (Å²) in [5.74, 6) is 0.0738. The van der Waals surface area contributed by atoms with Crippen LogP contribution >= 0.6 is 0 Å². The molecule has 0 bridgehead atoms. The van der Waals surface area contributed by atoms with Crippen molar-refractivity contribution >= 4 is 10.0 Å². The van der Waals surface area contributed by atoms with Gasteiger partial charge in [-0.05, 0) is 55.2 Å². The van der Waals surface area contributed by atoms with E-state index in [0.717, 1.165) is 11.1 Å². The number of ether oxygens (including phenoxy) is 1. The molecule has 0 unspecified atom stereocenters. The van der Waals surface area contributed by atoms with Crippen molar-refractivity contribution < 1.29 is 21.9 Å². The standard InChI is InChI=1S/C17H19F2NO3S/c1-12-3-4-13(2)16(11-12)24(21,22)20-10-9-14-5-7-15(8-6-14)23-17(18)19/h3-8,11,17,20H,9-10H2,1-2H3. The SMILES string of the molecule is Cc1ccc(C)c(S(=O)(=O)NCCc2ccc(OC(F)F)cc2)c1. The van der Waals surface area contributed by atoms with Crippen LogP contribution in [0.15, 0.2) is 47.4 Å². The Labute approximate surface area is 140 Å². The van der Waals surface area contributed by atoms with Gasteiger partial charge in [0.1, 0.15) is 5.75 Å². The van der Waals surface area contributed by atoms with Gasteiger partial charge in [-0.15, -0.1) is 0 Å². The first kappa shape index (κ1) is 18.4. The van der Waals surface area contributed by atoms with Crippen LogP contribution in [0, 0.1) is 13.8 Å². The quantitative estimate of drug-likeness (QED) is 0.828. The number of hydrogen-bond acceptors (Lipinski definition) is 3. The molecule has 2 aromatic rings. The molecule has 0 radical (unpaired) electrons. The minimum atomic E-state index is -3.58. The van der Waals surface area contributed by atoms with Crippen LogP contribution in [0.1, 0.15) is 16.7 Å². The Bertz CT molecular complexity index is 790. The lowest BCUT2D eigenvalue weighted by atomic mass is 10.1. The maximum atomic E-state index is 12.4. The molecular formula is C17H19F2NO3S. The van der Waals surface area contributed by atoms with Gasteiger partial charge in [0.25, 0.3) is 0 Å². The normalized spacial score (nSPS) is 11.7. The summed E-state index contributed by atoms with van der Waals surface area (Å²) in [6, 6.07) is 11.4. The van der Waals surface area contributed by atoms with Crippen LogP contribution in [0.4, 0.5) is 8.78 Å². The maximum absolute atomic E-state index is 12.4. The highest BCUT2D eigenvalue weighted by Gasteiger charge is 2.16. The van der Waals surface area contributed by atoms with Gasteiger partial charge in [-0.1, -0.05) is 24.3 Å². The summed E-state index contributed by atoms with van der Waals surface area (Å²) < 4.78 is 55.7. The van der Waals surface area contributed by atoms with Crippen LogP contribution in [0.5, 0.6) is 5.75 Å². The van der Waals surface area contributed by atoms with E-state index in [1.807, 2.05) is 13.0 Å². The molecule has 0 saturated carbocycles. The molecule has 7 heteroatoms. The van der Waals surface area contributed by atoms with Gasteiger partial charge >= 0.3 is 6.61 Å². The van der Waals surface area contributed by atoms with Gasteiger partial charge in [0.2, 0.25) is 10.0 Å². The van der Waals surface area contributed by atoms with E-state index in [4.69, 9.17) is 0 Å². The molecule has 0 fully saturated rings. The van der Waals surface area contributed by atoms with E-state index in [9.17, 15) is 17.2 Å². The summed E-state index contributed by atoms with van der Waals surface area (Å²) in [5, 5.41) is 0. The maximum Gasteiger partial charge on any atom is 0.387 e. The molecule has 0 aliphatic rings. The summed E-state index contributed by atoms with van der Waals surface area (Å²) in [6.07, 6.45) is 0.444. The molecule has 0 atom stereocenters. The van der Waals surface area contributed by atoms with E-state index >= 15 is 0 Å². The number of aryl methyl sites for hydroxylation is 2. The summed E-state index contributed by atoms with van der Waals surface area (Å²) in [6.45, 7) is 0.933. The Morgan fingerprint density at radius 2 is 1.75 bits per heavy atom. The van der Waals surface area contributed by atoms with E-state index in [-0.39, 0.29) is 17.2 Å². The average Bonchev–Trinajstić information content (AvgIpc) is 2.50. The number of sulfonamides is 1. The molecule has 0 spiro atoms. The minimum absolute atomic E-state index is 0.0738. The average molecular weight is 355 g/mol. The molecule has 24 heavy (non-hydrogen) atoms. The largest absolute Gasteiger partial charge is 0.435 e. The van der Waals surface area contributed by atoms with Crippen molar-refractivity contribution in [2.45, 2.75) is 31.8 Å². The molecule has 2 rings (SSSR count). The third-order valence-corrected chi connectivity index (χ3v) is 5.09. The molecule has 4 nitrogen and oxygen atoms in total. The lowest BCUT2D eigenvalue weighted by Crippen LogP contribution is -2.26. The number of rotatable bonds is 7. The number of alkyl halides is 2. The van der Waals surface area contributed by atoms with Gasteiger partial charge in [0.15, 0.2) is 0 Å². The van der Waals surface area contributed by atoms with Crippen LogP contribution in [-0.2, 0) is 16.4 Å². The minimum Gasteiger partial charge on any atom is -0.435 e. The van der Waals surface area contributed by atoms with Gasteiger partial charge in [-0.25, -0.2) is 13.1 Å². The molecule has 130 valence electrons. The van der Waals surface area contributed by atoms with Crippen molar-refractivity contribution in [3.63, 3.8) is 0 Å². The monoisotopic (exact) mass is 355 g/mol. The zero-order valence-corrected chi connectivity index (χ0v) is 14.2. The molecule has 0 heterocycles. The highest BCUT2D eigenvalue weighted by atomic mass is 32.2. The highest BCUT2D eigenvalue weighted by Crippen LogP contribution is 2.17.